The molecule has 4 rings (SSSR count). The van der Waals surface area contributed by atoms with Crippen LogP contribution in [0, 0.1) is 17.6 Å². The quantitative estimate of drug-likeness (QED) is 0.297. The summed E-state index contributed by atoms with van der Waals surface area (Å²) in [4.78, 5) is 0. The van der Waals surface area contributed by atoms with Crippen molar-refractivity contribution in [3.63, 3.8) is 0 Å². The first-order valence-corrected chi connectivity index (χ1v) is 12.1. The number of benzene rings is 3. The molecule has 0 bridgehead atoms. The van der Waals surface area contributed by atoms with Crippen molar-refractivity contribution in [2.75, 3.05) is 13.2 Å². The van der Waals surface area contributed by atoms with Gasteiger partial charge in [-0.2, -0.15) is 4.39 Å². The van der Waals surface area contributed by atoms with Gasteiger partial charge in [-0.1, -0.05) is 61.5 Å². The highest BCUT2D eigenvalue weighted by atomic mass is 19.2. The zero-order valence-corrected chi connectivity index (χ0v) is 19.7. The Kier molecular flexibility index (Phi) is 8.12. The Morgan fingerprint density at radius 3 is 2.21 bits per heavy atom. The van der Waals surface area contributed by atoms with E-state index < -0.39 is 11.6 Å². The summed E-state index contributed by atoms with van der Waals surface area (Å²) in [5, 5.41) is 0. The molecule has 0 radical (unpaired) electrons. The fraction of sp³-hybridized carbons (Fsp3) is 0.333. The van der Waals surface area contributed by atoms with Crippen LogP contribution in [-0.4, -0.2) is 13.2 Å². The lowest BCUT2D eigenvalue weighted by molar-refractivity contribution is -0.0190. The molecule has 1 aliphatic rings. The molecule has 2 atom stereocenters. The molecule has 0 spiro atoms. The van der Waals surface area contributed by atoms with Crippen LogP contribution in [0.2, 0.25) is 0 Å². The molecular formula is C30H32F2O2. The summed E-state index contributed by atoms with van der Waals surface area (Å²) in [7, 11) is 0. The molecule has 2 nitrogen and oxygen atoms in total. The molecule has 3 aromatic rings. The smallest absolute Gasteiger partial charge is 0.201 e. The van der Waals surface area contributed by atoms with Gasteiger partial charge in [-0.25, -0.2) is 4.39 Å². The van der Waals surface area contributed by atoms with E-state index in [1.54, 1.807) is 6.07 Å². The zero-order chi connectivity index (χ0) is 23.9. The van der Waals surface area contributed by atoms with Gasteiger partial charge in [0.1, 0.15) is 0 Å². The Morgan fingerprint density at radius 2 is 1.59 bits per heavy atom. The Hall–Kier alpha value is -2.98. The summed E-state index contributed by atoms with van der Waals surface area (Å²) in [6.45, 7) is 6.89. The molecule has 1 heterocycles. The average molecular weight is 463 g/mol. The highest BCUT2D eigenvalue weighted by Crippen LogP contribution is 2.34. The number of halogens is 2. The van der Waals surface area contributed by atoms with Crippen molar-refractivity contribution in [3.05, 3.63) is 90.5 Å². The van der Waals surface area contributed by atoms with Gasteiger partial charge in [-0.3, -0.25) is 0 Å². The van der Waals surface area contributed by atoms with E-state index in [1.165, 1.54) is 18.1 Å². The summed E-state index contributed by atoms with van der Waals surface area (Å²) in [5.74, 6) is -1.24. The normalized spacial score (nSPS) is 18.0. The summed E-state index contributed by atoms with van der Waals surface area (Å²) >= 11 is 0. The molecule has 0 aliphatic carbocycles. The van der Waals surface area contributed by atoms with Crippen LogP contribution in [0.15, 0.2) is 73.3 Å². The third kappa shape index (κ3) is 5.56. The fourth-order valence-corrected chi connectivity index (χ4v) is 4.46. The lowest BCUT2D eigenvalue weighted by atomic mass is 9.91. The van der Waals surface area contributed by atoms with E-state index in [9.17, 15) is 8.78 Å². The van der Waals surface area contributed by atoms with Crippen molar-refractivity contribution in [2.45, 2.75) is 45.1 Å². The minimum Gasteiger partial charge on any atom is -0.490 e. The van der Waals surface area contributed by atoms with Crippen LogP contribution < -0.4 is 4.74 Å². The SMILES string of the molecule is C=CCCC1CCC(c2ccc(-c3ccc(-c4ccc(OCCC)c(F)c4F)cc3)cc2)OC1. The molecule has 0 saturated carbocycles. The standard InChI is InChI=1S/C30H32F2O2/c1-3-5-6-21-7-17-27(34-20-21)25-14-10-23(11-15-25)22-8-12-24(13-9-22)26-16-18-28(33-19-4-2)30(32)29(26)31/h3,8-16,18,21,27H,1,4-7,17,19-20H2,2H3. The third-order valence-corrected chi connectivity index (χ3v) is 6.47. The van der Waals surface area contributed by atoms with Crippen LogP contribution in [0.4, 0.5) is 8.78 Å². The largest absolute Gasteiger partial charge is 0.490 e. The highest BCUT2D eigenvalue weighted by Gasteiger charge is 2.22. The van der Waals surface area contributed by atoms with Crippen LogP contribution in [0.5, 0.6) is 5.75 Å². The van der Waals surface area contributed by atoms with Crippen LogP contribution in [-0.2, 0) is 4.74 Å². The van der Waals surface area contributed by atoms with E-state index in [1.807, 2.05) is 37.3 Å². The molecule has 1 fully saturated rings. The molecule has 0 aromatic heterocycles. The first kappa shape index (κ1) is 24.2. The monoisotopic (exact) mass is 462 g/mol. The lowest BCUT2D eigenvalue weighted by Crippen LogP contribution is -2.20. The maximum Gasteiger partial charge on any atom is 0.201 e. The van der Waals surface area contributed by atoms with E-state index in [4.69, 9.17) is 9.47 Å². The maximum absolute atomic E-state index is 14.6. The first-order valence-electron chi connectivity index (χ1n) is 12.1. The number of ether oxygens (including phenoxy) is 2. The van der Waals surface area contributed by atoms with E-state index in [-0.39, 0.29) is 17.4 Å². The van der Waals surface area contributed by atoms with Crippen LogP contribution >= 0.6 is 0 Å². The summed E-state index contributed by atoms with van der Waals surface area (Å²) in [6.07, 6.45) is 7.29. The second-order valence-electron chi connectivity index (χ2n) is 8.92. The minimum absolute atomic E-state index is 0.0472. The third-order valence-electron chi connectivity index (χ3n) is 6.47. The summed E-state index contributed by atoms with van der Waals surface area (Å²) in [5.41, 5.74) is 4.15. The highest BCUT2D eigenvalue weighted by molar-refractivity contribution is 5.71. The van der Waals surface area contributed by atoms with E-state index in [0.717, 1.165) is 43.4 Å². The molecule has 0 amide bonds. The Labute approximate surface area is 201 Å². The van der Waals surface area contributed by atoms with Gasteiger partial charge < -0.3 is 9.47 Å². The minimum atomic E-state index is -0.942. The Balaban J connectivity index is 1.43. The number of hydrogen-bond acceptors (Lipinski definition) is 2. The molecule has 2 unspecified atom stereocenters. The number of allylic oxidation sites excluding steroid dienone is 1. The second kappa shape index (κ2) is 11.4. The number of rotatable bonds is 9. The molecular weight excluding hydrogens is 430 g/mol. The summed E-state index contributed by atoms with van der Waals surface area (Å²) in [6, 6.07) is 19.0. The van der Waals surface area contributed by atoms with Crippen molar-refractivity contribution in [1.29, 1.82) is 0 Å². The average Bonchev–Trinajstić information content (AvgIpc) is 2.89. The van der Waals surface area contributed by atoms with Gasteiger partial charge >= 0.3 is 0 Å². The molecule has 178 valence electrons. The van der Waals surface area contributed by atoms with Crippen LogP contribution in [0.3, 0.4) is 0 Å². The zero-order valence-electron chi connectivity index (χ0n) is 19.7. The van der Waals surface area contributed by atoms with Crippen molar-refractivity contribution in [1.82, 2.24) is 0 Å². The first-order chi connectivity index (χ1) is 16.6. The van der Waals surface area contributed by atoms with Crippen molar-refractivity contribution in [2.24, 2.45) is 5.92 Å². The second-order valence-corrected chi connectivity index (χ2v) is 8.92. The van der Waals surface area contributed by atoms with Gasteiger partial charge in [0.25, 0.3) is 0 Å². The van der Waals surface area contributed by atoms with Crippen molar-refractivity contribution < 1.29 is 18.3 Å². The maximum atomic E-state index is 14.6. The topological polar surface area (TPSA) is 18.5 Å². The van der Waals surface area contributed by atoms with Crippen LogP contribution in [0.1, 0.15) is 50.7 Å². The predicted octanol–water partition coefficient (Wildman–Crippen LogP) is 8.52. The predicted molar refractivity (Wildman–Crippen MR) is 134 cm³/mol. The molecule has 34 heavy (non-hydrogen) atoms. The molecule has 1 saturated heterocycles. The number of hydrogen-bond donors (Lipinski definition) is 0. The lowest BCUT2D eigenvalue weighted by Gasteiger charge is -2.29. The Bertz CT molecular complexity index is 1080. The fourth-order valence-electron chi connectivity index (χ4n) is 4.46. The Morgan fingerprint density at radius 1 is 0.912 bits per heavy atom. The van der Waals surface area contributed by atoms with E-state index in [0.29, 0.717) is 18.1 Å². The van der Waals surface area contributed by atoms with Gasteiger partial charge in [0, 0.05) is 5.56 Å². The van der Waals surface area contributed by atoms with Gasteiger partial charge in [-0.15, -0.1) is 6.58 Å². The molecule has 1 aliphatic heterocycles. The molecule has 3 aromatic carbocycles. The molecule has 0 N–H and O–H groups in total. The van der Waals surface area contributed by atoms with Gasteiger partial charge in [0.05, 0.1) is 19.3 Å². The van der Waals surface area contributed by atoms with Gasteiger partial charge in [-0.05, 0) is 72.4 Å². The van der Waals surface area contributed by atoms with Gasteiger partial charge in [0.2, 0.25) is 5.82 Å². The van der Waals surface area contributed by atoms with Crippen LogP contribution in [0.25, 0.3) is 22.3 Å². The van der Waals surface area contributed by atoms with Gasteiger partial charge in [0.15, 0.2) is 11.6 Å². The molecule has 4 heteroatoms. The van der Waals surface area contributed by atoms with E-state index >= 15 is 0 Å². The van der Waals surface area contributed by atoms with E-state index in [2.05, 4.69) is 30.8 Å². The van der Waals surface area contributed by atoms with Crippen molar-refractivity contribution in [3.8, 4) is 28.0 Å². The van der Waals surface area contributed by atoms with Crippen molar-refractivity contribution >= 4 is 0 Å². The summed E-state index contributed by atoms with van der Waals surface area (Å²) < 4.78 is 40.4.